The second-order valence-electron chi connectivity index (χ2n) is 10.4. The van der Waals surface area contributed by atoms with E-state index in [1.807, 2.05) is 6.07 Å². The van der Waals surface area contributed by atoms with Crippen LogP contribution < -0.4 is 0 Å². The van der Waals surface area contributed by atoms with E-state index in [-0.39, 0.29) is 47.1 Å². The van der Waals surface area contributed by atoms with Gasteiger partial charge < -0.3 is 24.4 Å². The minimum Gasteiger partial charge on any atom is -0.492 e. The summed E-state index contributed by atoms with van der Waals surface area (Å²) in [6.07, 6.45) is 6.31. The first-order valence-electron chi connectivity index (χ1n) is 13.2. The fourth-order valence-electron chi connectivity index (χ4n) is 6.70. The van der Waals surface area contributed by atoms with E-state index in [9.17, 15) is 15.0 Å². The first kappa shape index (κ1) is 25.1. The number of piperidine rings is 1. The molecule has 194 valence electrons. The van der Waals surface area contributed by atoms with Crippen LogP contribution in [0.4, 0.5) is 0 Å². The van der Waals surface area contributed by atoms with Crippen molar-refractivity contribution < 1.29 is 29.2 Å². The first-order chi connectivity index (χ1) is 17.5. The van der Waals surface area contributed by atoms with E-state index in [0.717, 1.165) is 44.4 Å². The number of rotatable bonds is 6. The van der Waals surface area contributed by atoms with E-state index in [2.05, 4.69) is 49.1 Å². The highest BCUT2D eigenvalue weighted by atomic mass is 16.6. The van der Waals surface area contributed by atoms with Gasteiger partial charge in [0, 0.05) is 30.5 Å². The lowest BCUT2D eigenvalue weighted by Gasteiger charge is -2.49. The van der Waals surface area contributed by atoms with Gasteiger partial charge in [0.2, 0.25) is 5.76 Å². The minimum atomic E-state index is -0.595. The first-order valence-corrected chi connectivity index (χ1v) is 13.2. The van der Waals surface area contributed by atoms with Crippen LogP contribution in [0, 0.1) is 17.8 Å². The minimum absolute atomic E-state index is 0.0530. The van der Waals surface area contributed by atoms with Crippen molar-refractivity contribution >= 4 is 5.97 Å². The molecule has 2 saturated heterocycles. The van der Waals surface area contributed by atoms with E-state index in [0.29, 0.717) is 11.7 Å². The van der Waals surface area contributed by atoms with Gasteiger partial charge in [-0.25, -0.2) is 4.79 Å². The van der Waals surface area contributed by atoms with Crippen LogP contribution in [-0.2, 0) is 25.4 Å². The van der Waals surface area contributed by atoms with Gasteiger partial charge in [-0.3, -0.25) is 4.90 Å². The fraction of sp³-hybridized carbons (Fsp3) is 0.552. The Morgan fingerprint density at radius 3 is 2.67 bits per heavy atom. The molecule has 7 nitrogen and oxygen atoms in total. The molecule has 0 bridgehead atoms. The maximum Gasteiger partial charge on any atom is 0.345 e. The molecule has 1 aromatic carbocycles. The summed E-state index contributed by atoms with van der Waals surface area (Å²) in [5.41, 5.74) is 1.44. The molecule has 0 spiro atoms. The summed E-state index contributed by atoms with van der Waals surface area (Å²) in [5, 5.41) is 20.8. The highest BCUT2D eigenvalue weighted by molar-refractivity contribution is 5.94. The summed E-state index contributed by atoms with van der Waals surface area (Å²) in [6.45, 7) is 4.60. The number of hydrogen-bond donors (Lipinski definition) is 2. The third-order valence-corrected chi connectivity index (χ3v) is 8.39. The Hall–Kier alpha value is -2.61. The summed E-state index contributed by atoms with van der Waals surface area (Å²) in [7, 11) is 1.47. The van der Waals surface area contributed by atoms with Crippen molar-refractivity contribution in [1.82, 2.24) is 4.90 Å². The molecule has 0 aromatic heterocycles. The van der Waals surface area contributed by atoms with Crippen molar-refractivity contribution in [1.29, 1.82) is 0 Å². The number of benzene rings is 1. The molecular formula is C29H37NO6. The number of nitrogens with zero attached hydrogens (tertiary/aromatic N) is 1. The average molecular weight is 496 g/mol. The summed E-state index contributed by atoms with van der Waals surface area (Å²) in [6, 6.07) is 10.9. The lowest BCUT2D eigenvalue weighted by atomic mass is 9.74. The van der Waals surface area contributed by atoms with Crippen molar-refractivity contribution in [3.63, 3.8) is 0 Å². The van der Waals surface area contributed by atoms with Crippen LogP contribution in [0.5, 0.6) is 0 Å². The van der Waals surface area contributed by atoms with Crippen molar-refractivity contribution in [2.75, 3.05) is 20.3 Å². The molecule has 36 heavy (non-hydrogen) atoms. The molecule has 2 fully saturated rings. The predicted molar refractivity (Wildman–Crippen MR) is 134 cm³/mol. The number of ether oxygens (including phenoxy) is 3. The second kappa shape index (κ2) is 10.4. The summed E-state index contributed by atoms with van der Waals surface area (Å²) in [5.74, 6) is 1.90. The molecule has 2 N–H and O–H groups in total. The van der Waals surface area contributed by atoms with E-state index < -0.39 is 12.6 Å². The van der Waals surface area contributed by atoms with Crippen molar-refractivity contribution in [3.05, 3.63) is 70.6 Å². The Kier molecular flexibility index (Phi) is 7.24. The number of allylic oxidation sites excluding steroid dienone is 1. The molecule has 7 heteroatoms. The number of carbonyl (C=O) groups is 1. The highest BCUT2D eigenvalue weighted by Gasteiger charge is 2.51. The standard InChI is InChI=1S/C29H37NO6/c1-4-23(32)21-14-19(13-18-9-6-5-7-10-18)15-22-25-17(2)26(35-24(25)11-8-12-30(21)22)28-27(34-3)20(16-31)29(33)36-28/h5-7,9-11,17,19,21-23,25,31-32H,4,8,12-16H2,1-3H3/t17-,19-,21+,22+,23-,25+/m0/s1. The summed E-state index contributed by atoms with van der Waals surface area (Å²) >= 11 is 0. The van der Waals surface area contributed by atoms with Gasteiger partial charge in [-0.05, 0) is 49.7 Å². The van der Waals surface area contributed by atoms with Gasteiger partial charge in [0.1, 0.15) is 11.3 Å². The number of hydrogen-bond acceptors (Lipinski definition) is 7. The molecular weight excluding hydrogens is 458 g/mol. The predicted octanol–water partition coefficient (Wildman–Crippen LogP) is 3.68. The zero-order chi connectivity index (χ0) is 25.4. The van der Waals surface area contributed by atoms with Crippen molar-refractivity contribution in [2.45, 2.75) is 64.1 Å². The third kappa shape index (κ3) is 4.38. The van der Waals surface area contributed by atoms with Crippen LogP contribution in [0.25, 0.3) is 0 Å². The van der Waals surface area contributed by atoms with Crippen LogP contribution >= 0.6 is 0 Å². The van der Waals surface area contributed by atoms with Gasteiger partial charge in [0.05, 0.1) is 19.8 Å². The maximum atomic E-state index is 12.4. The SMILES string of the molecule is CC[C@H](O)[C@H]1C[C@H](Cc2ccccc2)C[C@@H]2[C@@H]3C(=CCCN21)OC(=C1OC(=O)C(CO)=C1OC)[C@H]3C. The van der Waals surface area contributed by atoms with E-state index in [4.69, 9.17) is 14.2 Å². The smallest absolute Gasteiger partial charge is 0.345 e. The third-order valence-electron chi connectivity index (χ3n) is 8.39. The molecule has 0 unspecified atom stereocenters. The molecule has 0 saturated carbocycles. The van der Waals surface area contributed by atoms with Crippen LogP contribution in [0.3, 0.4) is 0 Å². The lowest BCUT2D eigenvalue weighted by Crippen LogP contribution is -2.56. The van der Waals surface area contributed by atoms with Gasteiger partial charge in [-0.2, -0.15) is 0 Å². The molecule has 0 aliphatic carbocycles. The van der Waals surface area contributed by atoms with Gasteiger partial charge in [0.15, 0.2) is 11.5 Å². The molecule has 1 aromatic rings. The number of methoxy groups -OCH3 is 1. The van der Waals surface area contributed by atoms with Gasteiger partial charge >= 0.3 is 5.97 Å². The molecule has 0 amide bonds. The number of esters is 1. The number of fused-ring (bicyclic) bond motifs is 3. The highest BCUT2D eigenvalue weighted by Crippen LogP contribution is 2.50. The van der Waals surface area contributed by atoms with Crippen molar-refractivity contribution in [3.8, 4) is 0 Å². The molecule has 4 aliphatic rings. The Balaban J connectivity index is 1.50. The number of carbonyl (C=O) groups excluding carboxylic acids is 1. The zero-order valence-corrected chi connectivity index (χ0v) is 21.4. The van der Waals surface area contributed by atoms with Crippen molar-refractivity contribution in [2.24, 2.45) is 17.8 Å². The fourth-order valence-corrected chi connectivity index (χ4v) is 6.70. The van der Waals surface area contributed by atoms with E-state index >= 15 is 0 Å². The molecule has 0 radical (unpaired) electrons. The molecule has 5 rings (SSSR count). The Bertz CT molecular complexity index is 1080. The second-order valence-corrected chi connectivity index (χ2v) is 10.4. The topological polar surface area (TPSA) is 88.5 Å². The molecule has 4 heterocycles. The summed E-state index contributed by atoms with van der Waals surface area (Å²) < 4.78 is 17.4. The zero-order valence-electron chi connectivity index (χ0n) is 21.4. The van der Waals surface area contributed by atoms with Crippen LogP contribution in [-0.4, -0.2) is 59.5 Å². The quantitative estimate of drug-likeness (QED) is 0.582. The normalized spacial score (nSPS) is 33.3. The van der Waals surface area contributed by atoms with Crippen LogP contribution in [0.1, 0.15) is 45.1 Å². The summed E-state index contributed by atoms with van der Waals surface area (Å²) in [4.78, 5) is 14.9. The monoisotopic (exact) mass is 495 g/mol. The van der Waals surface area contributed by atoms with Crippen LogP contribution in [0.2, 0.25) is 0 Å². The van der Waals surface area contributed by atoms with Gasteiger partial charge in [0.25, 0.3) is 0 Å². The largest absolute Gasteiger partial charge is 0.492 e. The Morgan fingerprint density at radius 1 is 1.19 bits per heavy atom. The average Bonchev–Trinajstić information content (AvgIpc) is 3.31. The number of aliphatic hydroxyl groups excluding tert-OH is 2. The van der Waals surface area contributed by atoms with E-state index in [1.54, 1.807) is 0 Å². The number of cyclic esters (lactones) is 1. The Labute approximate surface area is 213 Å². The lowest BCUT2D eigenvalue weighted by molar-refractivity contribution is -0.133. The van der Waals surface area contributed by atoms with Crippen LogP contribution in [0.15, 0.2) is 65.0 Å². The molecule has 6 atom stereocenters. The Morgan fingerprint density at radius 2 is 1.97 bits per heavy atom. The van der Waals surface area contributed by atoms with E-state index in [1.165, 1.54) is 12.7 Å². The number of aliphatic hydroxyl groups is 2. The van der Waals surface area contributed by atoms with Gasteiger partial charge in [-0.1, -0.05) is 44.2 Å². The maximum absolute atomic E-state index is 12.4. The molecule has 4 aliphatic heterocycles. The van der Waals surface area contributed by atoms with Gasteiger partial charge in [-0.15, -0.1) is 0 Å².